The highest BCUT2D eigenvalue weighted by molar-refractivity contribution is 5.80. The van der Waals surface area contributed by atoms with E-state index < -0.39 is 0 Å². The molecule has 2 N–H and O–H groups in total. The van der Waals surface area contributed by atoms with Crippen molar-refractivity contribution in [2.45, 2.75) is 45.1 Å². The van der Waals surface area contributed by atoms with Crippen LogP contribution in [0.1, 0.15) is 39.0 Å². The van der Waals surface area contributed by atoms with Gasteiger partial charge in [-0.25, -0.2) is 0 Å². The first kappa shape index (κ1) is 20.0. The van der Waals surface area contributed by atoms with E-state index in [-0.39, 0.29) is 12.0 Å². The molecule has 2 fully saturated rings. The minimum atomic E-state index is 0.141. The summed E-state index contributed by atoms with van der Waals surface area (Å²) >= 11 is 0. The zero-order valence-corrected chi connectivity index (χ0v) is 15.8. The van der Waals surface area contributed by atoms with Crippen LogP contribution in [0.2, 0.25) is 0 Å². The average molecular weight is 354 g/mol. The summed E-state index contributed by atoms with van der Waals surface area (Å²) in [6, 6.07) is 0. The van der Waals surface area contributed by atoms with E-state index in [0.29, 0.717) is 32.1 Å². The first-order chi connectivity index (χ1) is 12.2. The molecule has 0 aliphatic carbocycles. The third-order valence-electron chi connectivity index (χ3n) is 4.83. The van der Waals surface area contributed by atoms with Crippen LogP contribution in [0.4, 0.5) is 0 Å². The largest absolute Gasteiger partial charge is 0.377 e. The fourth-order valence-corrected chi connectivity index (χ4v) is 3.35. The van der Waals surface area contributed by atoms with E-state index in [9.17, 15) is 4.79 Å². The van der Waals surface area contributed by atoms with E-state index in [1.165, 1.54) is 0 Å². The number of guanidine groups is 1. The summed E-state index contributed by atoms with van der Waals surface area (Å²) in [6.07, 6.45) is 5.23. The summed E-state index contributed by atoms with van der Waals surface area (Å²) < 4.78 is 11.2. The van der Waals surface area contributed by atoms with Crippen LogP contribution in [0.15, 0.2) is 4.99 Å². The lowest BCUT2D eigenvalue weighted by Crippen LogP contribution is -2.46. The van der Waals surface area contributed by atoms with Gasteiger partial charge in [0.2, 0.25) is 5.91 Å². The molecule has 2 rings (SSSR count). The van der Waals surface area contributed by atoms with Crippen molar-refractivity contribution in [2.24, 2.45) is 10.9 Å². The van der Waals surface area contributed by atoms with Gasteiger partial charge >= 0.3 is 0 Å². The Morgan fingerprint density at radius 1 is 1.32 bits per heavy atom. The summed E-state index contributed by atoms with van der Waals surface area (Å²) in [4.78, 5) is 18.5. The molecule has 7 nitrogen and oxygen atoms in total. The number of likely N-dealkylation sites (tertiary alicyclic amines) is 1. The van der Waals surface area contributed by atoms with E-state index in [1.54, 1.807) is 7.05 Å². The smallest absolute Gasteiger partial charge is 0.220 e. The second kappa shape index (κ2) is 11.3. The van der Waals surface area contributed by atoms with Gasteiger partial charge in [0.1, 0.15) is 0 Å². The number of hydrogen-bond donors (Lipinski definition) is 2. The molecule has 0 saturated carbocycles. The molecule has 2 aliphatic rings. The van der Waals surface area contributed by atoms with Crippen molar-refractivity contribution in [3.05, 3.63) is 0 Å². The summed E-state index contributed by atoms with van der Waals surface area (Å²) in [5.74, 6) is 1.58. The predicted molar refractivity (Wildman–Crippen MR) is 98.8 cm³/mol. The molecular weight excluding hydrogens is 320 g/mol. The highest BCUT2D eigenvalue weighted by atomic mass is 16.5. The Kier molecular flexibility index (Phi) is 9.04. The van der Waals surface area contributed by atoms with Crippen molar-refractivity contribution in [3.8, 4) is 0 Å². The molecule has 0 aromatic heterocycles. The number of nitrogens with one attached hydrogen (secondary N) is 2. The molecule has 0 spiro atoms. The Bertz CT molecular complexity index is 417. The van der Waals surface area contributed by atoms with Crippen molar-refractivity contribution in [1.29, 1.82) is 0 Å². The van der Waals surface area contributed by atoms with Gasteiger partial charge < -0.3 is 25.0 Å². The Labute approximate surface area is 151 Å². The van der Waals surface area contributed by atoms with Crippen LogP contribution in [0, 0.1) is 5.92 Å². The molecule has 25 heavy (non-hydrogen) atoms. The number of carbonyl (C=O) groups excluding carboxylic acids is 1. The normalized spacial score (nSPS) is 22.2. The maximum atomic E-state index is 11.5. The number of hydrogen-bond acceptors (Lipinski definition) is 4. The zero-order valence-electron chi connectivity index (χ0n) is 15.8. The lowest BCUT2D eigenvalue weighted by molar-refractivity contribution is -0.121. The van der Waals surface area contributed by atoms with Crippen LogP contribution < -0.4 is 10.6 Å². The highest BCUT2D eigenvalue weighted by Crippen LogP contribution is 2.20. The van der Waals surface area contributed by atoms with Crippen molar-refractivity contribution in [1.82, 2.24) is 15.5 Å². The van der Waals surface area contributed by atoms with Gasteiger partial charge in [0.15, 0.2) is 5.96 Å². The van der Waals surface area contributed by atoms with Crippen LogP contribution in [-0.2, 0) is 14.3 Å². The molecule has 144 valence electrons. The molecule has 1 amide bonds. The Morgan fingerprint density at radius 3 is 2.76 bits per heavy atom. The molecule has 7 heteroatoms. The Balaban J connectivity index is 1.69. The van der Waals surface area contributed by atoms with Crippen LogP contribution in [0.5, 0.6) is 0 Å². The number of ether oxygens (including phenoxy) is 2. The third kappa shape index (κ3) is 7.20. The molecule has 0 aromatic rings. The van der Waals surface area contributed by atoms with Gasteiger partial charge in [-0.15, -0.1) is 0 Å². The van der Waals surface area contributed by atoms with Crippen molar-refractivity contribution in [3.63, 3.8) is 0 Å². The number of rotatable bonds is 8. The standard InChI is InChI=1S/C18H34N4O3/c1-3-20-18(21-8-12-24-14-16-5-4-11-25-16)22-9-6-15(7-10-22)13-17(23)19-2/h15-16H,3-14H2,1-2H3,(H,19,23)(H,20,21). The van der Waals surface area contributed by atoms with Crippen LogP contribution in [-0.4, -0.2) is 75.9 Å². The first-order valence-electron chi connectivity index (χ1n) is 9.66. The van der Waals surface area contributed by atoms with Crippen LogP contribution in [0.25, 0.3) is 0 Å². The monoisotopic (exact) mass is 354 g/mol. The maximum absolute atomic E-state index is 11.5. The maximum Gasteiger partial charge on any atom is 0.220 e. The summed E-state index contributed by atoms with van der Waals surface area (Å²) in [7, 11) is 1.70. The first-order valence-corrected chi connectivity index (χ1v) is 9.66. The molecular formula is C18H34N4O3. The van der Waals surface area contributed by atoms with Gasteiger partial charge in [0, 0.05) is 39.7 Å². The molecule has 0 bridgehead atoms. The summed E-state index contributed by atoms with van der Waals surface area (Å²) in [6.45, 7) is 7.67. The summed E-state index contributed by atoms with van der Waals surface area (Å²) in [5.41, 5.74) is 0. The second-order valence-electron chi connectivity index (χ2n) is 6.75. The molecule has 2 aliphatic heterocycles. The minimum Gasteiger partial charge on any atom is -0.377 e. The zero-order chi connectivity index (χ0) is 17.9. The lowest BCUT2D eigenvalue weighted by atomic mass is 9.93. The predicted octanol–water partition coefficient (Wildman–Crippen LogP) is 0.996. The van der Waals surface area contributed by atoms with E-state index in [4.69, 9.17) is 9.47 Å². The third-order valence-corrected chi connectivity index (χ3v) is 4.83. The SMILES string of the molecule is CCNC(=NCCOCC1CCCO1)N1CCC(CC(=O)NC)CC1. The Hall–Kier alpha value is -1.34. The number of aliphatic imine (C=N–C) groups is 1. The molecule has 0 aromatic carbocycles. The number of piperidine rings is 1. The molecule has 1 atom stereocenters. The van der Waals surface area contributed by atoms with Crippen LogP contribution in [0.3, 0.4) is 0 Å². The van der Waals surface area contributed by atoms with Gasteiger partial charge in [0.25, 0.3) is 0 Å². The molecule has 2 heterocycles. The van der Waals surface area contributed by atoms with Gasteiger partial charge in [0.05, 0.1) is 25.9 Å². The van der Waals surface area contributed by atoms with E-state index in [0.717, 1.165) is 57.9 Å². The fourth-order valence-electron chi connectivity index (χ4n) is 3.35. The van der Waals surface area contributed by atoms with Gasteiger partial charge in [-0.05, 0) is 38.5 Å². The molecule has 0 radical (unpaired) electrons. The fraction of sp³-hybridized carbons (Fsp3) is 0.889. The second-order valence-corrected chi connectivity index (χ2v) is 6.75. The van der Waals surface area contributed by atoms with Crippen molar-refractivity contribution >= 4 is 11.9 Å². The molecule has 1 unspecified atom stereocenters. The molecule has 2 saturated heterocycles. The quantitative estimate of drug-likeness (QED) is 0.386. The lowest BCUT2D eigenvalue weighted by Gasteiger charge is -2.34. The van der Waals surface area contributed by atoms with Gasteiger partial charge in [-0.3, -0.25) is 9.79 Å². The number of amides is 1. The number of carbonyl (C=O) groups is 1. The highest BCUT2D eigenvalue weighted by Gasteiger charge is 2.23. The topological polar surface area (TPSA) is 75.2 Å². The summed E-state index contributed by atoms with van der Waals surface area (Å²) in [5, 5.41) is 6.08. The van der Waals surface area contributed by atoms with Crippen molar-refractivity contribution < 1.29 is 14.3 Å². The minimum absolute atomic E-state index is 0.141. The van der Waals surface area contributed by atoms with Crippen LogP contribution >= 0.6 is 0 Å². The Morgan fingerprint density at radius 2 is 2.12 bits per heavy atom. The van der Waals surface area contributed by atoms with Crippen molar-refractivity contribution in [2.75, 3.05) is 53.0 Å². The van der Waals surface area contributed by atoms with Gasteiger partial charge in [-0.2, -0.15) is 0 Å². The van der Waals surface area contributed by atoms with E-state index in [1.807, 2.05) is 0 Å². The number of nitrogens with zero attached hydrogens (tertiary/aromatic N) is 2. The van der Waals surface area contributed by atoms with E-state index in [2.05, 4.69) is 27.4 Å². The van der Waals surface area contributed by atoms with E-state index >= 15 is 0 Å². The van der Waals surface area contributed by atoms with Gasteiger partial charge in [-0.1, -0.05) is 0 Å². The average Bonchev–Trinajstić information content (AvgIpc) is 3.14.